The molecule has 0 bridgehead atoms. The summed E-state index contributed by atoms with van der Waals surface area (Å²) in [5.74, 6) is 0.898. The molecule has 0 N–H and O–H groups in total. The summed E-state index contributed by atoms with van der Waals surface area (Å²) in [7, 11) is 1.88. The van der Waals surface area contributed by atoms with Crippen LogP contribution in [0.3, 0.4) is 0 Å². The molecular formula is C19H33N3O. The summed E-state index contributed by atoms with van der Waals surface area (Å²) in [4.78, 5) is 21.6. The molecule has 1 unspecified atom stereocenters. The predicted octanol–water partition coefficient (Wildman–Crippen LogP) is 4.53. The molecule has 4 heteroatoms. The molecule has 0 aliphatic carbocycles. The second-order valence-electron chi connectivity index (χ2n) is 10.1. The molecule has 0 saturated carbocycles. The van der Waals surface area contributed by atoms with Crippen molar-refractivity contribution < 1.29 is 4.79 Å². The Kier molecular flexibility index (Phi) is 3.99. The molecule has 130 valence electrons. The van der Waals surface area contributed by atoms with Crippen LogP contribution >= 0.6 is 0 Å². The lowest BCUT2D eigenvalue weighted by atomic mass is 9.70. The summed E-state index contributed by atoms with van der Waals surface area (Å²) >= 11 is 0. The Morgan fingerprint density at radius 3 is 1.87 bits per heavy atom. The van der Waals surface area contributed by atoms with E-state index in [9.17, 15) is 4.79 Å². The van der Waals surface area contributed by atoms with Gasteiger partial charge in [0.2, 0.25) is 0 Å². The summed E-state index contributed by atoms with van der Waals surface area (Å²) in [5, 5.41) is 0. The van der Waals surface area contributed by atoms with Crippen molar-refractivity contribution in [3.8, 4) is 0 Å². The van der Waals surface area contributed by atoms with Gasteiger partial charge in [-0.3, -0.25) is 9.89 Å². The summed E-state index contributed by atoms with van der Waals surface area (Å²) < 4.78 is 0. The fourth-order valence-corrected chi connectivity index (χ4v) is 3.47. The van der Waals surface area contributed by atoms with Crippen molar-refractivity contribution in [2.75, 3.05) is 13.6 Å². The Morgan fingerprint density at radius 1 is 0.957 bits per heavy atom. The first-order valence-electron chi connectivity index (χ1n) is 8.52. The topological polar surface area (TPSA) is 35.9 Å². The average Bonchev–Trinajstić information content (AvgIpc) is 2.60. The first kappa shape index (κ1) is 18.0. The quantitative estimate of drug-likeness (QED) is 0.646. The van der Waals surface area contributed by atoms with Gasteiger partial charge in [0.15, 0.2) is 0 Å². The molecule has 0 radical (unpaired) electrons. The van der Waals surface area contributed by atoms with Gasteiger partial charge in [-0.05, 0) is 16.4 Å². The van der Waals surface area contributed by atoms with E-state index in [-0.39, 0.29) is 28.3 Å². The van der Waals surface area contributed by atoms with Crippen LogP contribution in [-0.2, 0) is 0 Å². The number of aliphatic imine (C=N–C) groups is 1. The largest absolute Gasteiger partial charge is 0.329 e. The van der Waals surface area contributed by atoms with Gasteiger partial charge in [-0.2, -0.15) is 0 Å². The zero-order valence-electron chi connectivity index (χ0n) is 16.5. The van der Waals surface area contributed by atoms with Gasteiger partial charge in [-0.15, -0.1) is 0 Å². The zero-order valence-corrected chi connectivity index (χ0v) is 16.5. The van der Waals surface area contributed by atoms with Crippen molar-refractivity contribution in [2.24, 2.45) is 21.2 Å². The van der Waals surface area contributed by atoms with Crippen LogP contribution in [0.1, 0.15) is 62.3 Å². The molecule has 1 atom stereocenters. The average molecular weight is 319 g/mol. The van der Waals surface area contributed by atoms with Crippen molar-refractivity contribution in [1.29, 1.82) is 0 Å². The van der Waals surface area contributed by atoms with Gasteiger partial charge in [0, 0.05) is 12.5 Å². The first-order chi connectivity index (χ1) is 10.2. The summed E-state index contributed by atoms with van der Waals surface area (Å²) in [6.45, 7) is 20.5. The van der Waals surface area contributed by atoms with Gasteiger partial charge in [0.1, 0.15) is 5.84 Å². The van der Waals surface area contributed by atoms with E-state index in [1.54, 1.807) is 4.90 Å². The number of carbonyl (C=O) groups is 1. The molecule has 0 aromatic heterocycles. The molecule has 2 rings (SSSR count). The molecule has 2 aliphatic heterocycles. The molecule has 0 aromatic rings. The first-order valence-corrected chi connectivity index (χ1v) is 8.52. The minimum Gasteiger partial charge on any atom is -0.321 e. The van der Waals surface area contributed by atoms with E-state index < -0.39 is 0 Å². The molecule has 1 fully saturated rings. The normalized spacial score (nSPS) is 23.5. The molecule has 0 spiro atoms. The maximum Gasteiger partial charge on any atom is 0.329 e. The van der Waals surface area contributed by atoms with Gasteiger partial charge in [-0.1, -0.05) is 62.3 Å². The van der Waals surface area contributed by atoms with Crippen molar-refractivity contribution >= 4 is 11.9 Å². The highest BCUT2D eigenvalue weighted by Gasteiger charge is 2.48. The number of rotatable bonds is 0. The number of urea groups is 1. The van der Waals surface area contributed by atoms with Crippen LogP contribution in [0.25, 0.3) is 0 Å². The molecule has 2 heterocycles. The number of hydrogen-bond donors (Lipinski definition) is 0. The monoisotopic (exact) mass is 319 g/mol. The van der Waals surface area contributed by atoms with Crippen LogP contribution in [0.15, 0.2) is 16.3 Å². The Bertz CT molecular complexity index is 579. The van der Waals surface area contributed by atoms with Crippen LogP contribution in [0, 0.1) is 16.2 Å². The van der Waals surface area contributed by atoms with Crippen molar-refractivity contribution in [3.63, 3.8) is 0 Å². The molecule has 1 saturated heterocycles. The van der Waals surface area contributed by atoms with Crippen molar-refractivity contribution in [3.05, 3.63) is 11.3 Å². The van der Waals surface area contributed by atoms with E-state index >= 15 is 0 Å². The van der Waals surface area contributed by atoms with Gasteiger partial charge >= 0.3 is 6.03 Å². The Morgan fingerprint density at radius 2 is 1.48 bits per heavy atom. The molecule has 2 amide bonds. The number of likely N-dealkylation sites (N-methyl/N-ethyl adjacent to an activating group) is 1. The molecule has 0 aromatic carbocycles. The number of nitrogens with zero attached hydrogens (tertiary/aromatic N) is 3. The highest BCUT2D eigenvalue weighted by molar-refractivity contribution is 6.04. The lowest BCUT2D eigenvalue weighted by Gasteiger charge is -2.44. The number of fused-ring (bicyclic) bond motifs is 1. The van der Waals surface area contributed by atoms with Crippen molar-refractivity contribution in [2.45, 2.75) is 68.4 Å². The van der Waals surface area contributed by atoms with Crippen LogP contribution < -0.4 is 0 Å². The third-order valence-electron chi connectivity index (χ3n) is 4.52. The molecule has 2 aliphatic rings. The van der Waals surface area contributed by atoms with Crippen LogP contribution in [-0.4, -0.2) is 41.3 Å². The van der Waals surface area contributed by atoms with Crippen LogP contribution in [0.2, 0.25) is 0 Å². The van der Waals surface area contributed by atoms with Gasteiger partial charge in [0.25, 0.3) is 0 Å². The minimum atomic E-state index is -0.168. The summed E-state index contributed by atoms with van der Waals surface area (Å²) in [6, 6.07) is 0.144. The zero-order chi connectivity index (χ0) is 18.0. The van der Waals surface area contributed by atoms with Crippen LogP contribution in [0.4, 0.5) is 4.79 Å². The van der Waals surface area contributed by atoms with E-state index in [4.69, 9.17) is 4.99 Å². The number of amidine groups is 1. The number of carbonyl (C=O) groups excluding carboxylic acids is 1. The fraction of sp³-hybridized carbons (Fsp3) is 0.789. The standard InChI is InChI=1S/C19H33N3O/c1-17(2,3)13-12-11-21(10)16(23)22(12)15(19(7,8)9)20-14(13)18(4,5)6/h14H,11H2,1-10H3. The van der Waals surface area contributed by atoms with E-state index in [1.807, 2.05) is 11.9 Å². The SMILES string of the molecule is CN1CC2=C(C(C)(C)C)C(C(C)(C)C)N=C(C(C)(C)C)N2C1=O. The third kappa shape index (κ3) is 3.05. The lowest BCUT2D eigenvalue weighted by Crippen LogP contribution is -2.48. The van der Waals surface area contributed by atoms with Crippen molar-refractivity contribution in [1.82, 2.24) is 9.80 Å². The maximum atomic E-state index is 12.8. The van der Waals surface area contributed by atoms with Gasteiger partial charge in [-0.25, -0.2) is 4.79 Å². The lowest BCUT2D eigenvalue weighted by molar-refractivity contribution is 0.210. The van der Waals surface area contributed by atoms with E-state index in [0.29, 0.717) is 6.54 Å². The molecule has 23 heavy (non-hydrogen) atoms. The summed E-state index contributed by atoms with van der Waals surface area (Å²) in [6.07, 6.45) is 0. The fourth-order valence-electron chi connectivity index (χ4n) is 3.47. The third-order valence-corrected chi connectivity index (χ3v) is 4.52. The van der Waals surface area contributed by atoms with Gasteiger partial charge < -0.3 is 4.90 Å². The highest BCUT2D eigenvalue weighted by atomic mass is 16.2. The maximum absolute atomic E-state index is 12.8. The second-order valence-corrected chi connectivity index (χ2v) is 10.1. The number of amides is 2. The Balaban J connectivity index is 2.76. The van der Waals surface area contributed by atoms with E-state index in [0.717, 1.165) is 11.5 Å². The smallest absolute Gasteiger partial charge is 0.321 e. The minimum absolute atomic E-state index is 0.0163. The van der Waals surface area contributed by atoms with E-state index in [1.165, 1.54) is 5.57 Å². The highest BCUT2D eigenvalue weighted by Crippen LogP contribution is 2.46. The second kappa shape index (κ2) is 5.09. The Labute approximate surface area is 141 Å². The van der Waals surface area contributed by atoms with E-state index in [2.05, 4.69) is 62.3 Å². The molecular weight excluding hydrogens is 286 g/mol. The molecule has 4 nitrogen and oxygen atoms in total. The predicted molar refractivity (Wildman–Crippen MR) is 96.5 cm³/mol. The summed E-state index contributed by atoms with van der Waals surface area (Å²) in [5.41, 5.74) is 2.27. The van der Waals surface area contributed by atoms with Crippen LogP contribution in [0.5, 0.6) is 0 Å². The van der Waals surface area contributed by atoms with Gasteiger partial charge in [0.05, 0.1) is 18.3 Å². The number of hydrogen-bond acceptors (Lipinski definition) is 2. The Hall–Kier alpha value is -1.32.